The van der Waals surface area contributed by atoms with E-state index >= 15 is 0 Å². The van der Waals surface area contributed by atoms with Gasteiger partial charge in [0.1, 0.15) is 16.8 Å². The molecule has 0 aromatic carbocycles. The van der Waals surface area contributed by atoms with E-state index in [2.05, 4.69) is 27.3 Å². The lowest BCUT2D eigenvalue weighted by molar-refractivity contribution is 0.768. The summed E-state index contributed by atoms with van der Waals surface area (Å²) < 4.78 is 1.73. The van der Waals surface area contributed by atoms with Crippen LogP contribution in [-0.4, -0.2) is 19.7 Å². The lowest BCUT2D eigenvalue weighted by Crippen LogP contribution is -2.03. The molecule has 0 radical (unpaired) electrons. The van der Waals surface area contributed by atoms with E-state index in [0.29, 0.717) is 5.15 Å². The third-order valence-electron chi connectivity index (χ3n) is 2.57. The van der Waals surface area contributed by atoms with Gasteiger partial charge in [-0.2, -0.15) is 5.10 Å². The summed E-state index contributed by atoms with van der Waals surface area (Å²) in [7, 11) is 1.87. The number of rotatable bonds is 4. The summed E-state index contributed by atoms with van der Waals surface area (Å²) >= 11 is 6.11. The summed E-state index contributed by atoms with van der Waals surface area (Å²) in [5.74, 6) is 1.51. The third kappa shape index (κ3) is 2.79. The van der Waals surface area contributed by atoms with Crippen molar-refractivity contribution < 1.29 is 0 Å². The number of hydrogen-bond acceptors (Lipinski definition) is 4. The first kappa shape index (κ1) is 12.8. The highest BCUT2D eigenvalue weighted by Crippen LogP contribution is 2.23. The number of hydrogen-bond donors (Lipinski definition) is 1. The molecule has 96 valence electrons. The van der Waals surface area contributed by atoms with Gasteiger partial charge in [0, 0.05) is 25.2 Å². The van der Waals surface area contributed by atoms with E-state index in [-0.39, 0.29) is 0 Å². The summed E-state index contributed by atoms with van der Waals surface area (Å²) in [5.41, 5.74) is 1.73. The first-order valence-electron chi connectivity index (χ1n) is 5.89. The van der Waals surface area contributed by atoms with Crippen LogP contribution in [0.2, 0.25) is 5.15 Å². The number of nitrogens with zero attached hydrogens (tertiary/aromatic N) is 4. The van der Waals surface area contributed by atoms with Gasteiger partial charge in [0.25, 0.3) is 0 Å². The molecule has 2 aromatic rings. The van der Waals surface area contributed by atoms with E-state index in [9.17, 15) is 0 Å². The van der Waals surface area contributed by atoms with E-state index < -0.39 is 0 Å². The Bertz CT molecular complexity index is 549. The van der Waals surface area contributed by atoms with Crippen molar-refractivity contribution in [2.45, 2.75) is 26.7 Å². The number of nitrogens with one attached hydrogen (secondary N) is 1. The monoisotopic (exact) mass is 265 g/mol. The number of aryl methyl sites for hydroxylation is 2. The smallest absolute Gasteiger partial charge is 0.138 e. The largest absolute Gasteiger partial charge is 0.337 e. The van der Waals surface area contributed by atoms with Gasteiger partial charge in [-0.15, -0.1) is 0 Å². The van der Waals surface area contributed by atoms with Crippen LogP contribution in [0.25, 0.3) is 0 Å². The molecule has 0 unspecified atom stereocenters. The summed E-state index contributed by atoms with van der Waals surface area (Å²) in [6.45, 7) is 3.99. The first-order valence-corrected chi connectivity index (χ1v) is 6.26. The molecular weight excluding hydrogens is 250 g/mol. The van der Waals surface area contributed by atoms with Crippen molar-refractivity contribution in [3.63, 3.8) is 0 Å². The topological polar surface area (TPSA) is 55.6 Å². The number of halogens is 1. The van der Waals surface area contributed by atoms with E-state index in [1.807, 2.05) is 20.2 Å². The Morgan fingerprint density at radius 1 is 1.39 bits per heavy atom. The van der Waals surface area contributed by atoms with Crippen molar-refractivity contribution >= 4 is 23.1 Å². The molecule has 2 heterocycles. The highest BCUT2D eigenvalue weighted by atomic mass is 35.5. The second kappa shape index (κ2) is 5.35. The van der Waals surface area contributed by atoms with E-state index in [1.54, 1.807) is 10.9 Å². The van der Waals surface area contributed by atoms with Crippen LogP contribution in [0.15, 0.2) is 12.4 Å². The normalized spacial score (nSPS) is 10.7. The second-order valence-electron chi connectivity index (χ2n) is 4.18. The molecule has 0 bridgehead atoms. The fraction of sp³-hybridized carbons (Fsp3) is 0.417. The molecule has 0 spiro atoms. The molecule has 0 saturated carbocycles. The number of anilines is 2. The fourth-order valence-electron chi connectivity index (χ4n) is 1.61. The molecule has 6 heteroatoms. The molecule has 0 amide bonds. The van der Waals surface area contributed by atoms with Gasteiger partial charge in [0.2, 0.25) is 0 Å². The third-order valence-corrected chi connectivity index (χ3v) is 2.94. The number of aromatic nitrogens is 4. The lowest BCUT2D eigenvalue weighted by Gasteiger charge is -2.09. The Kier molecular flexibility index (Phi) is 3.81. The van der Waals surface area contributed by atoms with Crippen LogP contribution < -0.4 is 5.32 Å². The summed E-state index contributed by atoms with van der Waals surface area (Å²) in [6.07, 6.45) is 5.44. The maximum atomic E-state index is 6.11. The second-order valence-corrected chi connectivity index (χ2v) is 4.54. The average Bonchev–Trinajstić information content (AvgIpc) is 2.71. The van der Waals surface area contributed by atoms with Gasteiger partial charge < -0.3 is 5.32 Å². The highest BCUT2D eigenvalue weighted by molar-refractivity contribution is 6.30. The van der Waals surface area contributed by atoms with Crippen LogP contribution in [-0.2, 0) is 13.5 Å². The van der Waals surface area contributed by atoms with Gasteiger partial charge in [-0.25, -0.2) is 9.97 Å². The zero-order chi connectivity index (χ0) is 13.1. The zero-order valence-corrected chi connectivity index (χ0v) is 11.5. The van der Waals surface area contributed by atoms with Crippen molar-refractivity contribution in [1.29, 1.82) is 0 Å². The van der Waals surface area contributed by atoms with Gasteiger partial charge in [0.15, 0.2) is 0 Å². The van der Waals surface area contributed by atoms with Crippen molar-refractivity contribution in [2.24, 2.45) is 7.05 Å². The minimum absolute atomic E-state index is 0.500. The van der Waals surface area contributed by atoms with Gasteiger partial charge in [0.05, 0.1) is 11.9 Å². The average molecular weight is 266 g/mol. The minimum atomic E-state index is 0.500. The van der Waals surface area contributed by atoms with Crippen molar-refractivity contribution in [2.75, 3.05) is 5.32 Å². The van der Waals surface area contributed by atoms with Crippen LogP contribution in [0.4, 0.5) is 11.5 Å². The van der Waals surface area contributed by atoms with Gasteiger partial charge >= 0.3 is 0 Å². The van der Waals surface area contributed by atoms with Crippen LogP contribution >= 0.6 is 11.6 Å². The van der Waals surface area contributed by atoms with Crippen LogP contribution in [0.1, 0.15) is 24.7 Å². The molecule has 1 N–H and O–H groups in total. The highest BCUT2D eigenvalue weighted by Gasteiger charge is 2.09. The molecule has 0 saturated heterocycles. The minimum Gasteiger partial charge on any atom is -0.337 e. The SMILES string of the molecule is CCCc1nc(Cl)c(C)c(Nc2cnn(C)c2)n1. The van der Waals surface area contributed by atoms with Gasteiger partial charge in [-0.05, 0) is 13.3 Å². The molecule has 0 fully saturated rings. The van der Waals surface area contributed by atoms with Crippen molar-refractivity contribution in [3.8, 4) is 0 Å². The maximum Gasteiger partial charge on any atom is 0.138 e. The molecular formula is C12H16ClN5. The zero-order valence-electron chi connectivity index (χ0n) is 10.7. The predicted octanol–water partition coefficient (Wildman–Crippen LogP) is 2.87. The van der Waals surface area contributed by atoms with Gasteiger partial charge in [-0.1, -0.05) is 18.5 Å². The first-order chi connectivity index (χ1) is 8.60. The molecule has 2 aromatic heterocycles. The van der Waals surface area contributed by atoms with Crippen molar-refractivity contribution in [3.05, 3.63) is 28.9 Å². The Morgan fingerprint density at radius 3 is 2.78 bits per heavy atom. The molecule has 0 aliphatic rings. The molecule has 2 rings (SSSR count). The van der Waals surface area contributed by atoms with Gasteiger partial charge in [-0.3, -0.25) is 4.68 Å². The van der Waals surface area contributed by atoms with Crippen LogP contribution in [0, 0.1) is 6.92 Å². The Balaban J connectivity index is 2.31. The quantitative estimate of drug-likeness (QED) is 0.864. The standard InChI is InChI=1S/C12H16ClN5/c1-4-5-10-16-11(13)8(2)12(17-10)15-9-6-14-18(3)7-9/h6-7H,4-5H2,1-3H3,(H,15,16,17). The predicted molar refractivity (Wildman–Crippen MR) is 72.3 cm³/mol. The van der Waals surface area contributed by atoms with Crippen LogP contribution in [0.5, 0.6) is 0 Å². The molecule has 0 aliphatic carbocycles. The lowest BCUT2D eigenvalue weighted by atomic mass is 10.3. The van der Waals surface area contributed by atoms with E-state index in [1.165, 1.54) is 0 Å². The van der Waals surface area contributed by atoms with E-state index in [0.717, 1.165) is 35.7 Å². The fourth-order valence-corrected chi connectivity index (χ4v) is 1.80. The summed E-state index contributed by atoms with van der Waals surface area (Å²) in [6, 6.07) is 0. The Morgan fingerprint density at radius 2 is 2.17 bits per heavy atom. The van der Waals surface area contributed by atoms with Crippen molar-refractivity contribution in [1.82, 2.24) is 19.7 Å². The molecule has 18 heavy (non-hydrogen) atoms. The van der Waals surface area contributed by atoms with Crippen LogP contribution in [0.3, 0.4) is 0 Å². The summed E-state index contributed by atoms with van der Waals surface area (Å²) in [4.78, 5) is 8.75. The Labute approximate surface area is 111 Å². The Hall–Kier alpha value is -1.62. The maximum absolute atomic E-state index is 6.11. The summed E-state index contributed by atoms with van der Waals surface area (Å²) in [5, 5.41) is 7.82. The molecule has 0 atom stereocenters. The molecule has 5 nitrogen and oxygen atoms in total. The van der Waals surface area contributed by atoms with E-state index in [4.69, 9.17) is 11.6 Å². The molecule has 0 aliphatic heterocycles.